The van der Waals surface area contributed by atoms with Gasteiger partial charge >= 0.3 is 6.03 Å². The Morgan fingerprint density at radius 1 is 1.13 bits per heavy atom. The van der Waals surface area contributed by atoms with Crippen molar-refractivity contribution in [2.75, 3.05) is 19.6 Å². The summed E-state index contributed by atoms with van der Waals surface area (Å²) in [5.74, 6) is 0. The molecule has 1 atom stereocenters. The van der Waals surface area contributed by atoms with Crippen molar-refractivity contribution in [3.63, 3.8) is 0 Å². The van der Waals surface area contributed by atoms with E-state index in [1.54, 1.807) is 12.4 Å². The summed E-state index contributed by atoms with van der Waals surface area (Å²) in [4.78, 5) is 21.5. The molecule has 1 saturated heterocycles. The van der Waals surface area contributed by atoms with Crippen LogP contribution < -0.4 is 5.32 Å². The third-order valence-electron chi connectivity index (χ3n) is 6.26. The lowest BCUT2D eigenvalue weighted by atomic mass is 10.0. The molecule has 1 fully saturated rings. The van der Waals surface area contributed by atoms with Gasteiger partial charge in [-0.05, 0) is 37.1 Å². The van der Waals surface area contributed by atoms with Crippen LogP contribution in [0.1, 0.15) is 29.7 Å². The lowest BCUT2D eigenvalue weighted by Crippen LogP contribution is -2.52. The number of amides is 2. The number of piperidine rings is 1. The van der Waals surface area contributed by atoms with Crippen LogP contribution in [0.3, 0.4) is 0 Å². The number of nitrogens with zero attached hydrogens (tertiary/aromatic N) is 4. The van der Waals surface area contributed by atoms with Gasteiger partial charge in [0.1, 0.15) is 0 Å². The molecule has 31 heavy (non-hydrogen) atoms. The molecule has 4 heterocycles. The maximum atomic E-state index is 13.1. The van der Waals surface area contributed by atoms with Gasteiger partial charge in [0, 0.05) is 61.3 Å². The van der Waals surface area contributed by atoms with E-state index in [9.17, 15) is 4.79 Å². The highest BCUT2D eigenvalue weighted by Gasteiger charge is 2.28. The molecule has 3 aromatic rings. The number of nitrogens with one attached hydrogen (secondary N) is 2. The van der Waals surface area contributed by atoms with Crippen LogP contribution in [0.2, 0.25) is 0 Å². The van der Waals surface area contributed by atoms with Gasteiger partial charge < -0.3 is 10.2 Å². The number of aromatic nitrogens is 3. The van der Waals surface area contributed by atoms with E-state index < -0.39 is 0 Å². The average molecular weight is 417 g/mol. The van der Waals surface area contributed by atoms with Crippen LogP contribution in [-0.2, 0) is 19.5 Å². The number of rotatable bonds is 4. The molecule has 7 nitrogen and oxygen atoms in total. The highest BCUT2D eigenvalue weighted by atomic mass is 16.2. The molecule has 0 radical (unpaired) electrons. The predicted molar refractivity (Wildman–Crippen MR) is 119 cm³/mol. The molecular formula is C24H28N6O. The van der Waals surface area contributed by atoms with E-state index in [2.05, 4.69) is 49.7 Å². The molecule has 0 aliphatic carbocycles. The van der Waals surface area contributed by atoms with Gasteiger partial charge in [-0.3, -0.25) is 15.0 Å². The molecule has 1 aromatic carbocycles. The van der Waals surface area contributed by atoms with E-state index in [0.717, 1.165) is 61.4 Å². The van der Waals surface area contributed by atoms with Crippen LogP contribution in [0.5, 0.6) is 0 Å². The van der Waals surface area contributed by atoms with Gasteiger partial charge in [-0.1, -0.05) is 30.3 Å². The minimum absolute atomic E-state index is 0.0269. The first-order valence-corrected chi connectivity index (χ1v) is 11.0. The Morgan fingerprint density at radius 2 is 1.97 bits per heavy atom. The number of likely N-dealkylation sites (tertiary alicyclic amines) is 1. The Balaban J connectivity index is 1.21. The van der Waals surface area contributed by atoms with E-state index in [1.807, 2.05) is 23.1 Å². The van der Waals surface area contributed by atoms with Crippen LogP contribution in [0, 0.1) is 0 Å². The molecule has 7 heteroatoms. The average Bonchev–Trinajstić information content (AvgIpc) is 3.24. The number of pyridine rings is 1. The van der Waals surface area contributed by atoms with Crippen LogP contribution in [0.4, 0.5) is 4.79 Å². The van der Waals surface area contributed by atoms with Crippen molar-refractivity contribution in [3.05, 3.63) is 71.7 Å². The van der Waals surface area contributed by atoms with E-state index >= 15 is 0 Å². The Bertz CT molecular complexity index is 1020. The third kappa shape index (κ3) is 4.46. The molecule has 0 spiro atoms. The predicted octanol–water partition coefficient (Wildman–Crippen LogP) is 3.20. The highest BCUT2D eigenvalue weighted by Crippen LogP contribution is 2.28. The SMILES string of the molecule is O=C(N[C@@H]1CCCN(Cc2ccccc2)C1)N1CCc2[nH]nc(-c3ccncc3)c2C1. The fourth-order valence-corrected chi connectivity index (χ4v) is 4.64. The number of carbonyl (C=O) groups excluding carboxylic acids is 1. The molecule has 0 bridgehead atoms. The standard InChI is InChI=1S/C24H28N6O/c31-24(26-20-7-4-13-29(16-20)15-18-5-2-1-3-6-18)30-14-10-22-21(17-30)23(28-27-22)19-8-11-25-12-9-19/h1-3,5-6,8-9,11-12,20H,4,7,10,13-17H2,(H,26,31)(H,27,28)/t20-/m1/s1. The van der Waals surface area contributed by atoms with Crippen molar-refractivity contribution in [1.29, 1.82) is 0 Å². The molecule has 2 aliphatic heterocycles. The Labute approximate surface area is 182 Å². The minimum atomic E-state index is 0.0269. The summed E-state index contributed by atoms with van der Waals surface area (Å²) in [5.41, 5.74) is 5.51. The lowest BCUT2D eigenvalue weighted by molar-refractivity contribution is 0.160. The normalized spacial score (nSPS) is 19.1. The summed E-state index contributed by atoms with van der Waals surface area (Å²) < 4.78 is 0. The molecule has 2 amide bonds. The molecule has 2 N–H and O–H groups in total. The topological polar surface area (TPSA) is 77.2 Å². The quantitative estimate of drug-likeness (QED) is 0.685. The number of fused-ring (bicyclic) bond motifs is 1. The van der Waals surface area contributed by atoms with Gasteiger partial charge in [0.05, 0.1) is 12.2 Å². The van der Waals surface area contributed by atoms with E-state index in [4.69, 9.17) is 0 Å². The van der Waals surface area contributed by atoms with Crippen molar-refractivity contribution in [2.24, 2.45) is 0 Å². The van der Waals surface area contributed by atoms with Crippen molar-refractivity contribution < 1.29 is 4.79 Å². The largest absolute Gasteiger partial charge is 0.334 e. The second-order valence-corrected chi connectivity index (χ2v) is 8.45. The van der Waals surface area contributed by atoms with Crippen molar-refractivity contribution in [3.8, 4) is 11.3 Å². The van der Waals surface area contributed by atoms with E-state index in [-0.39, 0.29) is 12.1 Å². The first-order valence-electron chi connectivity index (χ1n) is 11.0. The molecule has 5 rings (SSSR count). The summed E-state index contributed by atoms with van der Waals surface area (Å²) in [6.45, 7) is 4.20. The van der Waals surface area contributed by atoms with Gasteiger partial charge in [0.15, 0.2) is 0 Å². The molecule has 2 aliphatic rings. The number of hydrogen-bond acceptors (Lipinski definition) is 4. The summed E-state index contributed by atoms with van der Waals surface area (Å²) in [6.07, 6.45) is 6.48. The number of urea groups is 1. The molecular weight excluding hydrogens is 388 g/mol. The van der Waals surface area contributed by atoms with Gasteiger partial charge in [-0.15, -0.1) is 0 Å². The number of aromatic amines is 1. The number of carbonyl (C=O) groups is 1. The maximum absolute atomic E-state index is 13.1. The van der Waals surface area contributed by atoms with Crippen molar-refractivity contribution in [2.45, 2.75) is 38.4 Å². The highest BCUT2D eigenvalue weighted by molar-refractivity contribution is 5.75. The fourth-order valence-electron chi connectivity index (χ4n) is 4.64. The van der Waals surface area contributed by atoms with Gasteiger partial charge in [-0.25, -0.2) is 4.79 Å². The zero-order valence-corrected chi connectivity index (χ0v) is 17.6. The Hall–Kier alpha value is -3.19. The second kappa shape index (κ2) is 8.89. The van der Waals surface area contributed by atoms with Gasteiger partial charge in [-0.2, -0.15) is 5.10 Å². The van der Waals surface area contributed by atoms with E-state index in [0.29, 0.717) is 13.1 Å². The summed E-state index contributed by atoms with van der Waals surface area (Å²) in [5, 5.41) is 11.0. The third-order valence-corrected chi connectivity index (χ3v) is 6.26. The zero-order valence-electron chi connectivity index (χ0n) is 17.6. The van der Waals surface area contributed by atoms with Crippen LogP contribution in [0.15, 0.2) is 54.9 Å². The monoisotopic (exact) mass is 416 g/mol. The van der Waals surface area contributed by atoms with Crippen molar-refractivity contribution >= 4 is 6.03 Å². The summed E-state index contributed by atoms with van der Waals surface area (Å²) >= 11 is 0. The maximum Gasteiger partial charge on any atom is 0.317 e. The molecule has 2 aromatic heterocycles. The Morgan fingerprint density at radius 3 is 2.81 bits per heavy atom. The lowest BCUT2D eigenvalue weighted by Gasteiger charge is -2.35. The summed E-state index contributed by atoms with van der Waals surface area (Å²) in [6, 6.07) is 14.7. The van der Waals surface area contributed by atoms with E-state index in [1.165, 1.54) is 5.56 Å². The Kier molecular flexibility index (Phi) is 5.67. The first kappa shape index (κ1) is 19.8. The first-order chi connectivity index (χ1) is 15.3. The summed E-state index contributed by atoms with van der Waals surface area (Å²) in [7, 11) is 0. The van der Waals surface area contributed by atoms with Gasteiger partial charge in [0.25, 0.3) is 0 Å². The minimum Gasteiger partial charge on any atom is -0.334 e. The second-order valence-electron chi connectivity index (χ2n) is 8.45. The zero-order chi connectivity index (χ0) is 21.0. The molecule has 0 saturated carbocycles. The van der Waals surface area contributed by atoms with Crippen molar-refractivity contribution in [1.82, 2.24) is 30.3 Å². The van der Waals surface area contributed by atoms with Crippen LogP contribution >= 0.6 is 0 Å². The smallest absolute Gasteiger partial charge is 0.317 e. The molecule has 160 valence electrons. The number of hydrogen-bond donors (Lipinski definition) is 2. The number of H-pyrrole nitrogens is 1. The fraction of sp³-hybridized carbons (Fsp3) is 0.375. The van der Waals surface area contributed by atoms with Gasteiger partial charge in [0.2, 0.25) is 0 Å². The van der Waals surface area contributed by atoms with Crippen LogP contribution in [-0.4, -0.2) is 56.7 Å². The van der Waals surface area contributed by atoms with Crippen LogP contribution in [0.25, 0.3) is 11.3 Å². The number of benzene rings is 1. The molecule has 0 unspecified atom stereocenters.